The van der Waals surface area contributed by atoms with Crippen molar-refractivity contribution in [2.24, 2.45) is 0 Å². The van der Waals surface area contributed by atoms with Crippen LogP contribution in [0.4, 0.5) is 0 Å². The maximum atomic E-state index is 13.8. The van der Waals surface area contributed by atoms with Gasteiger partial charge in [-0.2, -0.15) is 5.26 Å². The van der Waals surface area contributed by atoms with E-state index in [1.807, 2.05) is 30.3 Å². The molecule has 0 aliphatic carbocycles. The second kappa shape index (κ2) is 12.8. The van der Waals surface area contributed by atoms with Gasteiger partial charge in [0, 0.05) is 24.2 Å². The Morgan fingerprint density at radius 1 is 0.953 bits per heavy atom. The summed E-state index contributed by atoms with van der Waals surface area (Å²) >= 11 is 1.64. The van der Waals surface area contributed by atoms with Gasteiger partial charge >= 0.3 is 0 Å². The molecule has 0 bridgehead atoms. The first-order valence-corrected chi connectivity index (χ1v) is 16.9. The van der Waals surface area contributed by atoms with Crippen molar-refractivity contribution in [1.82, 2.24) is 9.62 Å². The van der Waals surface area contributed by atoms with Crippen molar-refractivity contribution in [2.75, 3.05) is 12.8 Å². The summed E-state index contributed by atoms with van der Waals surface area (Å²) in [6.45, 7) is 7.38. The van der Waals surface area contributed by atoms with Crippen LogP contribution in [0.15, 0.2) is 88.7 Å². The van der Waals surface area contributed by atoms with E-state index in [0.29, 0.717) is 31.5 Å². The summed E-state index contributed by atoms with van der Waals surface area (Å²) in [7, 11) is -3.33. The first-order chi connectivity index (χ1) is 20.5. The Labute approximate surface area is 258 Å². The summed E-state index contributed by atoms with van der Waals surface area (Å²) in [4.78, 5) is 15.2. The monoisotopic (exact) mass is 609 g/mol. The van der Waals surface area contributed by atoms with Crippen molar-refractivity contribution in [3.8, 4) is 17.2 Å². The number of sulfone groups is 1. The predicted molar refractivity (Wildman–Crippen MR) is 172 cm³/mol. The number of carbonyl (C=O) groups is 1. The number of nitrogens with one attached hydrogen (secondary N) is 1. The molecule has 0 fully saturated rings. The topological polar surface area (TPSA) is 90.3 Å². The third-order valence-corrected chi connectivity index (χ3v) is 10.3. The first-order valence-electron chi connectivity index (χ1n) is 14.2. The van der Waals surface area contributed by atoms with Gasteiger partial charge in [0.05, 0.1) is 16.5 Å². The van der Waals surface area contributed by atoms with Crippen molar-refractivity contribution in [2.45, 2.75) is 56.0 Å². The zero-order valence-electron chi connectivity index (χ0n) is 24.8. The number of carbonyl (C=O) groups excluding carboxylic acids is 1. The van der Waals surface area contributed by atoms with Gasteiger partial charge in [-0.15, -0.1) is 0 Å². The number of nitriles is 1. The highest BCUT2D eigenvalue weighted by atomic mass is 32.2. The minimum absolute atomic E-state index is 0.0403. The molecule has 0 saturated heterocycles. The zero-order valence-corrected chi connectivity index (χ0v) is 26.5. The number of fused-ring (bicyclic) bond motifs is 1. The number of amides is 1. The summed E-state index contributed by atoms with van der Waals surface area (Å²) in [6.07, 6.45) is 2.38. The Bertz CT molecular complexity index is 1820. The highest BCUT2D eigenvalue weighted by molar-refractivity contribution is 7.97. The predicted octanol–water partition coefficient (Wildman–Crippen LogP) is 6.35. The highest BCUT2D eigenvalue weighted by Crippen LogP contribution is 2.38. The molecule has 4 aromatic carbocycles. The van der Waals surface area contributed by atoms with Gasteiger partial charge in [0.25, 0.3) is 0 Å². The quantitative estimate of drug-likeness (QED) is 0.234. The van der Waals surface area contributed by atoms with Crippen LogP contribution in [0.2, 0.25) is 0 Å². The average molecular weight is 610 g/mol. The average Bonchev–Trinajstić information content (AvgIpc) is 2.98. The standard InChI is InChI=1S/C35H35N3O3S2/c1-23-15-24(2)34(25(3)16-23)42-38-22-30-12-11-29(28-9-6-10-32(19-28)43(4,40)41)18-31(30)20-33(38)35(39)37-14-13-26-7-5-8-27(17-26)21-36/h5-12,15-19,33H,13-14,20,22H2,1-4H3,(H,37,39). The smallest absolute Gasteiger partial charge is 0.238 e. The molecular formula is C35H35N3O3S2. The van der Waals surface area contributed by atoms with Gasteiger partial charge in [-0.3, -0.25) is 4.79 Å². The van der Waals surface area contributed by atoms with Crippen molar-refractivity contribution in [3.05, 3.63) is 118 Å². The Morgan fingerprint density at radius 3 is 2.40 bits per heavy atom. The van der Waals surface area contributed by atoms with Gasteiger partial charge in [-0.25, -0.2) is 12.7 Å². The fourth-order valence-electron chi connectivity index (χ4n) is 5.64. The lowest BCUT2D eigenvalue weighted by atomic mass is 9.91. The molecule has 1 atom stereocenters. The minimum atomic E-state index is -3.33. The van der Waals surface area contributed by atoms with Crippen LogP contribution in [0, 0.1) is 32.1 Å². The molecule has 4 aromatic rings. The molecule has 220 valence electrons. The molecule has 1 aliphatic rings. The summed E-state index contributed by atoms with van der Waals surface area (Å²) in [5.74, 6) is -0.0403. The van der Waals surface area contributed by atoms with E-state index in [0.717, 1.165) is 32.7 Å². The first kappa shape index (κ1) is 30.6. The summed E-state index contributed by atoms with van der Waals surface area (Å²) in [5, 5.41) is 12.4. The molecule has 1 unspecified atom stereocenters. The van der Waals surface area contributed by atoms with E-state index in [2.05, 4.69) is 60.7 Å². The van der Waals surface area contributed by atoms with E-state index < -0.39 is 15.9 Å². The lowest BCUT2D eigenvalue weighted by Gasteiger charge is -2.36. The van der Waals surface area contributed by atoms with E-state index in [4.69, 9.17) is 0 Å². The fourth-order valence-corrected chi connectivity index (χ4v) is 7.44. The van der Waals surface area contributed by atoms with Crippen LogP contribution in [0.1, 0.15) is 38.9 Å². The van der Waals surface area contributed by atoms with Gasteiger partial charge in [0.15, 0.2) is 9.84 Å². The normalized spacial score (nSPS) is 15.0. The highest BCUT2D eigenvalue weighted by Gasteiger charge is 2.33. The second-order valence-electron chi connectivity index (χ2n) is 11.3. The Balaban J connectivity index is 1.42. The molecule has 0 saturated carbocycles. The van der Waals surface area contributed by atoms with Crippen LogP contribution in [0.3, 0.4) is 0 Å². The number of aryl methyl sites for hydroxylation is 3. The Kier molecular flexibility index (Phi) is 9.07. The summed E-state index contributed by atoms with van der Waals surface area (Å²) in [5.41, 5.74) is 9.18. The lowest BCUT2D eigenvalue weighted by Crippen LogP contribution is -2.47. The maximum Gasteiger partial charge on any atom is 0.238 e. The van der Waals surface area contributed by atoms with Crippen LogP contribution in [-0.2, 0) is 34.0 Å². The molecular weight excluding hydrogens is 575 g/mol. The molecule has 0 aromatic heterocycles. The molecule has 43 heavy (non-hydrogen) atoms. The molecule has 6 nitrogen and oxygen atoms in total. The molecule has 5 rings (SSSR count). The van der Waals surface area contributed by atoms with Crippen LogP contribution in [0.25, 0.3) is 11.1 Å². The molecule has 1 aliphatic heterocycles. The van der Waals surface area contributed by atoms with Crippen LogP contribution >= 0.6 is 11.9 Å². The number of hydrogen-bond donors (Lipinski definition) is 1. The van der Waals surface area contributed by atoms with E-state index in [1.165, 1.54) is 22.9 Å². The van der Waals surface area contributed by atoms with Crippen LogP contribution in [-0.4, -0.2) is 37.5 Å². The van der Waals surface area contributed by atoms with Crippen molar-refractivity contribution in [1.29, 1.82) is 5.26 Å². The molecule has 0 spiro atoms. The van der Waals surface area contributed by atoms with Gasteiger partial charge in [-0.05, 0) is 109 Å². The largest absolute Gasteiger partial charge is 0.354 e. The van der Waals surface area contributed by atoms with E-state index >= 15 is 0 Å². The van der Waals surface area contributed by atoms with E-state index in [-0.39, 0.29) is 10.8 Å². The lowest BCUT2D eigenvalue weighted by molar-refractivity contribution is -0.125. The van der Waals surface area contributed by atoms with E-state index in [1.54, 1.807) is 36.2 Å². The fraction of sp³-hybridized carbons (Fsp3) is 0.257. The Hall–Kier alpha value is -3.90. The SMILES string of the molecule is Cc1cc(C)c(SN2Cc3ccc(-c4cccc(S(C)(=O)=O)c4)cc3CC2C(=O)NCCc2cccc(C#N)c2)c(C)c1. The van der Waals surface area contributed by atoms with E-state index in [9.17, 15) is 18.5 Å². The third kappa shape index (κ3) is 7.19. The van der Waals surface area contributed by atoms with Crippen molar-refractivity contribution < 1.29 is 13.2 Å². The van der Waals surface area contributed by atoms with Gasteiger partial charge in [-0.1, -0.05) is 60.2 Å². The number of rotatable bonds is 8. The molecule has 0 radical (unpaired) electrons. The molecule has 8 heteroatoms. The van der Waals surface area contributed by atoms with Gasteiger partial charge in [0.2, 0.25) is 5.91 Å². The van der Waals surface area contributed by atoms with Gasteiger partial charge < -0.3 is 5.32 Å². The summed E-state index contributed by atoms with van der Waals surface area (Å²) < 4.78 is 26.5. The van der Waals surface area contributed by atoms with Crippen molar-refractivity contribution in [3.63, 3.8) is 0 Å². The molecule has 1 heterocycles. The van der Waals surface area contributed by atoms with Crippen LogP contribution < -0.4 is 5.32 Å². The maximum absolute atomic E-state index is 13.8. The molecule has 1 amide bonds. The minimum Gasteiger partial charge on any atom is -0.354 e. The van der Waals surface area contributed by atoms with Gasteiger partial charge in [0.1, 0.15) is 6.04 Å². The number of hydrogen-bond acceptors (Lipinski definition) is 6. The van der Waals surface area contributed by atoms with Crippen LogP contribution in [0.5, 0.6) is 0 Å². The molecule has 1 N–H and O–H groups in total. The van der Waals surface area contributed by atoms with Crippen molar-refractivity contribution >= 4 is 27.7 Å². The number of nitrogens with zero attached hydrogens (tertiary/aromatic N) is 2. The summed E-state index contributed by atoms with van der Waals surface area (Å²) in [6, 6.07) is 26.8. The zero-order chi connectivity index (χ0) is 30.7. The second-order valence-corrected chi connectivity index (χ2v) is 14.3. The number of benzene rings is 4. The third-order valence-electron chi connectivity index (χ3n) is 7.77. The Morgan fingerprint density at radius 2 is 1.67 bits per heavy atom.